The highest BCUT2D eigenvalue weighted by Gasteiger charge is 2.28. The maximum absolute atomic E-state index is 12.8. The second-order valence-electron chi connectivity index (χ2n) is 6.02. The fraction of sp³-hybridized carbons (Fsp3) is 0.263. The number of benzene rings is 2. The summed E-state index contributed by atoms with van der Waals surface area (Å²) in [5.74, 6) is 0.424. The van der Waals surface area contributed by atoms with E-state index in [-0.39, 0.29) is 11.9 Å². The lowest BCUT2D eigenvalue weighted by molar-refractivity contribution is -0.116. The molecule has 1 aliphatic rings. The van der Waals surface area contributed by atoms with Crippen LogP contribution in [0.25, 0.3) is 11.1 Å². The number of carbonyl (C=O) groups excluding carboxylic acids is 1. The number of para-hydroxylation sites is 3. The van der Waals surface area contributed by atoms with E-state index >= 15 is 0 Å². The van der Waals surface area contributed by atoms with Gasteiger partial charge in [-0.05, 0) is 43.5 Å². The number of hydrogen-bond acceptors (Lipinski definition) is 4. The summed E-state index contributed by atoms with van der Waals surface area (Å²) in [6.07, 6.45) is 2.02. The van der Waals surface area contributed by atoms with Crippen LogP contribution in [0, 0.1) is 0 Å². The number of oxazole rings is 1. The average molecular weight is 338 g/mol. The summed E-state index contributed by atoms with van der Waals surface area (Å²) >= 11 is 1.36. The van der Waals surface area contributed by atoms with Crippen molar-refractivity contribution >= 4 is 34.5 Å². The van der Waals surface area contributed by atoms with Crippen molar-refractivity contribution in [1.29, 1.82) is 0 Å². The molecule has 2 aromatic carbocycles. The normalized spacial score (nSPS) is 17.0. The third-order valence-corrected chi connectivity index (χ3v) is 5.20. The second-order valence-corrected chi connectivity index (χ2v) is 6.94. The van der Waals surface area contributed by atoms with Crippen LogP contribution in [0.5, 0.6) is 0 Å². The molecule has 2 heterocycles. The van der Waals surface area contributed by atoms with Crippen LogP contribution in [0.1, 0.15) is 18.9 Å². The molecule has 0 spiro atoms. The Morgan fingerprint density at radius 3 is 2.92 bits per heavy atom. The molecule has 1 unspecified atom stereocenters. The van der Waals surface area contributed by atoms with Crippen molar-refractivity contribution in [3.63, 3.8) is 0 Å². The maximum atomic E-state index is 12.8. The van der Waals surface area contributed by atoms with E-state index in [1.54, 1.807) is 0 Å². The average Bonchev–Trinajstić information content (AvgIpc) is 3.02. The highest BCUT2D eigenvalue weighted by atomic mass is 32.2. The zero-order valence-electron chi connectivity index (χ0n) is 13.4. The molecule has 3 aromatic rings. The second kappa shape index (κ2) is 6.32. The van der Waals surface area contributed by atoms with E-state index in [0.717, 1.165) is 29.6 Å². The number of thioether (sulfide) groups is 1. The lowest BCUT2D eigenvalue weighted by atomic mass is 9.97. The van der Waals surface area contributed by atoms with Crippen LogP contribution in [0.4, 0.5) is 5.69 Å². The van der Waals surface area contributed by atoms with Crippen LogP contribution in [-0.2, 0) is 11.2 Å². The van der Waals surface area contributed by atoms with Crippen molar-refractivity contribution in [1.82, 2.24) is 4.98 Å². The van der Waals surface area contributed by atoms with Crippen LogP contribution in [-0.4, -0.2) is 22.7 Å². The van der Waals surface area contributed by atoms with Gasteiger partial charge in [0.1, 0.15) is 5.52 Å². The third kappa shape index (κ3) is 2.80. The molecule has 1 amide bonds. The Morgan fingerprint density at radius 2 is 2.04 bits per heavy atom. The van der Waals surface area contributed by atoms with Crippen LogP contribution >= 0.6 is 11.8 Å². The minimum atomic E-state index is 0.0990. The zero-order valence-corrected chi connectivity index (χ0v) is 14.3. The van der Waals surface area contributed by atoms with Crippen molar-refractivity contribution in [3.05, 3.63) is 54.1 Å². The minimum absolute atomic E-state index is 0.0990. The highest BCUT2D eigenvalue weighted by molar-refractivity contribution is 7.99. The quantitative estimate of drug-likeness (QED) is 0.669. The van der Waals surface area contributed by atoms with E-state index in [1.807, 2.05) is 47.4 Å². The van der Waals surface area contributed by atoms with E-state index < -0.39 is 0 Å². The molecule has 0 saturated carbocycles. The Bertz CT molecular complexity index is 857. The first-order valence-corrected chi connectivity index (χ1v) is 9.09. The van der Waals surface area contributed by atoms with Crippen LogP contribution < -0.4 is 4.90 Å². The lowest BCUT2D eigenvalue weighted by Crippen LogP contribution is -2.43. The summed E-state index contributed by atoms with van der Waals surface area (Å²) in [6.45, 7) is 2.11. The molecule has 0 N–H and O–H groups in total. The van der Waals surface area contributed by atoms with E-state index in [4.69, 9.17) is 4.42 Å². The Hall–Kier alpha value is -2.27. The lowest BCUT2D eigenvalue weighted by Gasteiger charge is -2.35. The van der Waals surface area contributed by atoms with Gasteiger partial charge in [-0.3, -0.25) is 4.79 Å². The number of aryl methyl sites for hydroxylation is 1. The number of nitrogens with zero attached hydrogens (tertiary/aromatic N) is 2. The topological polar surface area (TPSA) is 46.3 Å². The zero-order chi connectivity index (χ0) is 16.5. The summed E-state index contributed by atoms with van der Waals surface area (Å²) in [5, 5.41) is 0.544. The summed E-state index contributed by atoms with van der Waals surface area (Å²) in [4.78, 5) is 19.1. The molecule has 1 aliphatic heterocycles. The van der Waals surface area contributed by atoms with Gasteiger partial charge < -0.3 is 9.32 Å². The van der Waals surface area contributed by atoms with Gasteiger partial charge in [0.2, 0.25) is 5.91 Å². The van der Waals surface area contributed by atoms with Crippen molar-refractivity contribution in [2.75, 3.05) is 10.7 Å². The summed E-state index contributed by atoms with van der Waals surface area (Å²) in [6, 6.07) is 16.0. The van der Waals surface area contributed by atoms with Crippen molar-refractivity contribution in [3.8, 4) is 0 Å². The highest BCUT2D eigenvalue weighted by Crippen LogP contribution is 2.32. The van der Waals surface area contributed by atoms with E-state index in [2.05, 4.69) is 18.0 Å². The first-order valence-electron chi connectivity index (χ1n) is 8.11. The standard InChI is InChI=1S/C19H18N2O2S/c1-13-10-11-14-6-2-4-8-16(14)21(13)18(22)12-24-19-20-15-7-3-5-9-17(15)23-19/h2-9,13H,10-12H2,1H3. The van der Waals surface area contributed by atoms with E-state index in [1.165, 1.54) is 17.3 Å². The fourth-order valence-corrected chi connectivity index (χ4v) is 3.87. The minimum Gasteiger partial charge on any atom is -0.431 e. The predicted molar refractivity (Wildman–Crippen MR) is 96.4 cm³/mol. The number of anilines is 1. The maximum Gasteiger partial charge on any atom is 0.257 e. The van der Waals surface area contributed by atoms with Gasteiger partial charge >= 0.3 is 0 Å². The Morgan fingerprint density at radius 1 is 1.25 bits per heavy atom. The summed E-state index contributed by atoms with van der Waals surface area (Å²) < 4.78 is 5.68. The molecule has 0 bridgehead atoms. The number of carbonyl (C=O) groups is 1. The first kappa shape index (κ1) is 15.3. The molecule has 24 heavy (non-hydrogen) atoms. The molecule has 1 atom stereocenters. The molecule has 0 saturated heterocycles. The van der Waals surface area contributed by atoms with Gasteiger partial charge in [0.15, 0.2) is 5.58 Å². The van der Waals surface area contributed by atoms with Crippen molar-refractivity contribution < 1.29 is 9.21 Å². The Balaban J connectivity index is 1.51. The molecule has 0 radical (unpaired) electrons. The van der Waals surface area contributed by atoms with Gasteiger partial charge in [-0.25, -0.2) is 4.98 Å². The van der Waals surface area contributed by atoms with Gasteiger partial charge in [0.05, 0.1) is 5.75 Å². The number of amides is 1. The Labute approximate surface area is 144 Å². The molecule has 4 nitrogen and oxygen atoms in total. The van der Waals surface area contributed by atoms with Gasteiger partial charge in [-0.15, -0.1) is 0 Å². The molecule has 5 heteroatoms. The Kier molecular flexibility index (Phi) is 4.02. The SMILES string of the molecule is CC1CCc2ccccc2N1C(=O)CSc1nc2ccccc2o1. The van der Waals surface area contributed by atoms with Gasteiger partial charge in [-0.2, -0.15) is 0 Å². The van der Waals surface area contributed by atoms with Crippen molar-refractivity contribution in [2.45, 2.75) is 31.0 Å². The van der Waals surface area contributed by atoms with E-state index in [0.29, 0.717) is 11.0 Å². The summed E-state index contributed by atoms with van der Waals surface area (Å²) in [7, 11) is 0. The molecule has 0 aliphatic carbocycles. The monoisotopic (exact) mass is 338 g/mol. The number of fused-ring (bicyclic) bond motifs is 2. The number of rotatable bonds is 3. The van der Waals surface area contributed by atoms with Crippen LogP contribution in [0.15, 0.2) is 58.2 Å². The largest absolute Gasteiger partial charge is 0.431 e. The molecule has 0 fully saturated rings. The fourth-order valence-electron chi connectivity index (χ4n) is 3.17. The number of aromatic nitrogens is 1. The number of hydrogen-bond donors (Lipinski definition) is 0. The molecule has 122 valence electrons. The van der Waals surface area contributed by atoms with Gasteiger partial charge in [-0.1, -0.05) is 42.1 Å². The molecular formula is C19H18N2O2S. The smallest absolute Gasteiger partial charge is 0.257 e. The third-order valence-electron chi connectivity index (χ3n) is 4.39. The summed E-state index contributed by atoms with van der Waals surface area (Å²) in [5.41, 5.74) is 3.86. The van der Waals surface area contributed by atoms with Crippen LogP contribution in [0.2, 0.25) is 0 Å². The van der Waals surface area contributed by atoms with E-state index in [9.17, 15) is 4.79 Å². The van der Waals surface area contributed by atoms with Gasteiger partial charge in [0, 0.05) is 11.7 Å². The molecular weight excluding hydrogens is 320 g/mol. The molecule has 1 aromatic heterocycles. The first-order chi connectivity index (χ1) is 11.7. The predicted octanol–water partition coefficient (Wildman–Crippen LogP) is 4.29. The van der Waals surface area contributed by atoms with Crippen LogP contribution in [0.3, 0.4) is 0 Å². The van der Waals surface area contributed by atoms with Gasteiger partial charge in [0.25, 0.3) is 5.22 Å². The van der Waals surface area contributed by atoms with Crippen molar-refractivity contribution in [2.24, 2.45) is 0 Å². The molecule has 4 rings (SSSR count).